The van der Waals surface area contributed by atoms with E-state index in [1.807, 2.05) is 32.9 Å². The molecule has 0 spiro atoms. The standard InChI is InChI=1S/C20H21F3N2O5/c1-12-8-13(2)19(14(3)9-12)29-7-6-24-18(26)11-30-17-5-4-15(20(21,22)23)10-16(17)25(27)28/h4-5,8-10H,6-7,11H2,1-3H3,(H,24,26). The number of benzene rings is 2. The number of amides is 1. The summed E-state index contributed by atoms with van der Waals surface area (Å²) in [5.74, 6) is -0.290. The zero-order chi connectivity index (χ0) is 22.5. The van der Waals surface area contributed by atoms with Crippen LogP contribution in [0.3, 0.4) is 0 Å². The van der Waals surface area contributed by atoms with Gasteiger partial charge in [0.1, 0.15) is 12.4 Å². The van der Waals surface area contributed by atoms with Crippen LogP contribution < -0.4 is 14.8 Å². The van der Waals surface area contributed by atoms with E-state index >= 15 is 0 Å². The van der Waals surface area contributed by atoms with Crippen molar-refractivity contribution in [3.63, 3.8) is 0 Å². The molecule has 30 heavy (non-hydrogen) atoms. The molecule has 0 fully saturated rings. The molecule has 162 valence electrons. The number of nitrogens with zero attached hydrogens (tertiary/aromatic N) is 1. The first-order chi connectivity index (χ1) is 14.0. The van der Waals surface area contributed by atoms with E-state index in [2.05, 4.69) is 5.32 Å². The van der Waals surface area contributed by atoms with Crippen molar-refractivity contribution in [2.24, 2.45) is 0 Å². The van der Waals surface area contributed by atoms with Crippen LogP contribution in [0.1, 0.15) is 22.3 Å². The normalized spacial score (nSPS) is 11.1. The van der Waals surface area contributed by atoms with Crippen molar-refractivity contribution in [2.75, 3.05) is 19.8 Å². The lowest BCUT2D eigenvalue weighted by atomic mass is 10.1. The molecule has 2 rings (SSSR count). The molecule has 2 aromatic carbocycles. The predicted molar refractivity (Wildman–Crippen MR) is 103 cm³/mol. The van der Waals surface area contributed by atoms with Crippen LogP contribution in [-0.4, -0.2) is 30.6 Å². The lowest BCUT2D eigenvalue weighted by Gasteiger charge is -2.14. The SMILES string of the molecule is Cc1cc(C)c(OCCNC(=O)COc2ccc(C(F)(F)F)cc2[N+](=O)[O-])c(C)c1. The van der Waals surface area contributed by atoms with Gasteiger partial charge in [-0.2, -0.15) is 13.2 Å². The Labute approximate surface area is 170 Å². The van der Waals surface area contributed by atoms with E-state index in [0.717, 1.165) is 28.5 Å². The first-order valence-corrected chi connectivity index (χ1v) is 8.95. The Morgan fingerprint density at radius 3 is 2.30 bits per heavy atom. The summed E-state index contributed by atoms with van der Waals surface area (Å²) in [4.78, 5) is 21.9. The zero-order valence-electron chi connectivity index (χ0n) is 16.6. The first kappa shape index (κ1) is 23.0. The van der Waals surface area contributed by atoms with E-state index in [-0.39, 0.29) is 13.2 Å². The number of hydrogen-bond donors (Lipinski definition) is 1. The van der Waals surface area contributed by atoms with Gasteiger partial charge in [0.05, 0.1) is 17.0 Å². The highest BCUT2D eigenvalue weighted by Crippen LogP contribution is 2.36. The minimum atomic E-state index is -4.73. The molecule has 0 heterocycles. The van der Waals surface area contributed by atoms with Crippen LogP contribution in [0.2, 0.25) is 0 Å². The highest BCUT2D eigenvalue weighted by molar-refractivity contribution is 5.77. The van der Waals surface area contributed by atoms with E-state index in [0.29, 0.717) is 12.1 Å². The van der Waals surface area contributed by atoms with Crippen LogP contribution in [-0.2, 0) is 11.0 Å². The molecule has 0 aliphatic heterocycles. The summed E-state index contributed by atoms with van der Waals surface area (Å²) >= 11 is 0. The second-order valence-electron chi connectivity index (χ2n) is 6.65. The van der Waals surface area contributed by atoms with Crippen LogP contribution in [0, 0.1) is 30.9 Å². The average molecular weight is 426 g/mol. The Balaban J connectivity index is 1.87. The number of carbonyl (C=O) groups is 1. The summed E-state index contributed by atoms with van der Waals surface area (Å²) in [5, 5.41) is 13.5. The molecule has 1 N–H and O–H groups in total. The molecule has 0 radical (unpaired) electrons. The Bertz CT molecular complexity index is 922. The van der Waals surface area contributed by atoms with Crippen molar-refractivity contribution in [1.82, 2.24) is 5.32 Å². The van der Waals surface area contributed by atoms with E-state index in [4.69, 9.17) is 9.47 Å². The maximum atomic E-state index is 12.7. The van der Waals surface area contributed by atoms with Crippen molar-refractivity contribution in [3.8, 4) is 11.5 Å². The van der Waals surface area contributed by atoms with Crippen molar-refractivity contribution in [1.29, 1.82) is 0 Å². The van der Waals surface area contributed by atoms with Gasteiger partial charge in [-0.15, -0.1) is 0 Å². The second kappa shape index (κ2) is 9.47. The largest absolute Gasteiger partial charge is 0.491 e. The number of aryl methyl sites for hydroxylation is 3. The number of halogens is 3. The molecule has 0 aromatic heterocycles. The third kappa shape index (κ3) is 6.10. The minimum absolute atomic E-state index is 0.157. The Hall–Kier alpha value is -3.30. The van der Waals surface area contributed by atoms with Gasteiger partial charge < -0.3 is 14.8 Å². The summed E-state index contributed by atoms with van der Waals surface area (Å²) in [6.07, 6.45) is -4.73. The molecule has 0 saturated heterocycles. The van der Waals surface area contributed by atoms with Gasteiger partial charge in [-0.05, 0) is 44.0 Å². The highest BCUT2D eigenvalue weighted by Gasteiger charge is 2.33. The topological polar surface area (TPSA) is 90.7 Å². The first-order valence-electron chi connectivity index (χ1n) is 8.95. The van der Waals surface area contributed by atoms with Crippen LogP contribution in [0.4, 0.5) is 18.9 Å². The number of carbonyl (C=O) groups excluding carboxylic acids is 1. The maximum Gasteiger partial charge on any atom is 0.416 e. The lowest BCUT2D eigenvalue weighted by molar-refractivity contribution is -0.386. The quantitative estimate of drug-likeness (QED) is 0.390. The van der Waals surface area contributed by atoms with Gasteiger partial charge >= 0.3 is 11.9 Å². The zero-order valence-corrected chi connectivity index (χ0v) is 16.6. The third-order valence-corrected chi connectivity index (χ3v) is 4.12. The summed E-state index contributed by atoms with van der Waals surface area (Å²) < 4.78 is 48.8. The van der Waals surface area contributed by atoms with Gasteiger partial charge in [-0.25, -0.2) is 0 Å². The molecule has 1 amide bonds. The number of nitrogens with one attached hydrogen (secondary N) is 1. The lowest BCUT2D eigenvalue weighted by Crippen LogP contribution is -2.32. The fraction of sp³-hybridized carbons (Fsp3) is 0.350. The molecule has 0 unspecified atom stereocenters. The summed E-state index contributed by atoms with van der Waals surface area (Å²) in [6, 6.07) is 5.80. The predicted octanol–water partition coefficient (Wildman–Crippen LogP) is 4.11. The van der Waals surface area contributed by atoms with Crippen LogP contribution >= 0.6 is 0 Å². The molecule has 0 atom stereocenters. The molecular formula is C20H21F3N2O5. The number of hydrogen-bond acceptors (Lipinski definition) is 5. The molecule has 10 heteroatoms. The van der Waals surface area contributed by atoms with Crippen LogP contribution in [0.5, 0.6) is 11.5 Å². The Kier molecular flexibility index (Phi) is 7.25. The van der Waals surface area contributed by atoms with E-state index in [9.17, 15) is 28.1 Å². The molecular weight excluding hydrogens is 405 g/mol. The second-order valence-corrected chi connectivity index (χ2v) is 6.65. The Morgan fingerprint density at radius 2 is 1.73 bits per heavy atom. The molecule has 7 nitrogen and oxygen atoms in total. The van der Waals surface area contributed by atoms with Crippen LogP contribution in [0.15, 0.2) is 30.3 Å². The number of alkyl halides is 3. The van der Waals surface area contributed by atoms with Gasteiger partial charge in [-0.1, -0.05) is 17.7 Å². The number of nitro benzene ring substituents is 1. The molecule has 0 aliphatic rings. The van der Waals surface area contributed by atoms with Gasteiger partial charge in [-0.3, -0.25) is 14.9 Å². The van der Waals surface area contributed by atoms with E-state index < -0.39 is 40.6 Å². The summed E-state index contributed by atoms with van der Waals surface area (Å²) in [7, 11) is 0. The van der Waals surface area contributed by atoms with Gasteiger partial charge in [0.25, 0.3) is 5.91 Å². The van der Waals surface area contributed by atoms with Gasteiger partial charge in [0, 0.05) is 6.07 Å². The van der Waals surface area contributed by atoms with Crippen molar-refractivity contribution in [3.05, 3.63) is 62.7 Å². The van der Waals surface area contributed by atoms with Gasteiger partial charge in [0.15, 0.2) is 12.4 Å². The molecule has 0 bridgehead atoms. The van der Waals surface area contributed by atoms with E-state index in [1.54, 1.807) is 0 Å². The molecule has 0 saturated carbocycles. The fourth-order valence-electron chi connectivity index (χ4n) is 2.89. The highest BCUT2D eigenvalue weighted by atomic mass is 19.4. The molecule has 2 aromatic rings. The summed E-state index contributed by atoms with van der Waals surface area (Å²) in [5.41, 5.74) is 1.00. The number of ether oxygens (including phenoxy) is 2. The Morgan fingerprint density at radius 1 is 1.10 bits per heavy atom. The third-order valence-electron chi connectivity index (χ3n) is 4.12. The van der Waals surface area contributed by atoms with E-state index in [1.165, 1.54) is 0 Å². The minimum Gasteiger partial charge on any atom is -0.491 e. The maximum absolute atomic E-state index is 12.7. The average Bonchev–Trinajstić information content (AvgIpc) is 2.63. The van der Waals surface area contributed by atoms with Crippen LogP contribution in [0.25, 0.3) is 0 Å². The van der Waals surface area contributed by atoms with Crippen molar-refractivity contribution < 1.29 is 32.4 Å². The van der Waals surface area contributed by atoms with Crippen molar-refractivity contribution in [2.45, 2.75) is 26.9 Å². The monoisotopic (exact) mass is 426 g/mol. The summed E-state index contributed by atoms with van der Waals surface area (Å²) in [6.45, 7) is 5.57. The molecule has 0 aliphatic carbocycles. The van der Waals surface area contributed by atoms with Crippen molar-refractivity contribution >= 4 is 11.6 Å². The number of rotatable bonds is 8. The smallest absolute Gasteiger partial charge is 0.416 e. The fourth-order valence-corrected chi connectivity index (χ4v) is 2.89. The van der Waals surface area contributed by atoms with Gasteiger partial charge in [0.2, 0.25) is 0 Å². The number of nitro groups is 1.